The van der Waals surface area contributed by atoms with Gasteiger partial charge >= 0.3 is 0 Å². The van der Waals surface area contributed by atoms with Gasteiger partial charge in [-0.3, -0.25) is 0 Å². The zero-order chi connectivity index (χ0) is 14.9. The maximum atomic E-state index is 12.4. The Morgan fingerprint density at radius 3 is 2.35 bits per heavy atom. The fourth-order valence-electron chi connectivity index (χ4n) is 2.12. The standard InChI is InChI=1S/C13H17N3O2S2/c1-8-4-11(14)5-9(2)13(8)20(17,18)15-6-12-16-10(3)7-19-12/h4-5,7,15H,6,14H2,1-3H3. The molecule has 0 amide bonds. The molecule has 0 saturated carbocycles. The molecule has 0 atom stereocenters. The molecule has 0 spiro atoms. The molecule has 7 heteroatoms. The van der Waals surface area contributed by atoms with Crippen molar-refractivity contribution in [3.63, 3.8) is 0 Å². The first-order valence-electron chi connectivity index (χ1n) is 6.07. The molecule has 2 rings (SSSR count). The van der Waals surface area contributed by atoms with Crippen molar-refractivity contribution in [3.05, 3.63) is 39.3 Å². The Balaban J connectivity index is 2.27. The highest BCUT2D eigenvalue weighted by Crippen LogP contribution is 2.23. The minimum absolute atomic E-state index is 0.199. The van der Waals surface area contributed by atoms with Crippen LogP contribution < -0.4 is 10.5 Å². The lowest BCUT2D eigenvalue weighted by atomic mass is 10.1. The van der Waals surface area contributed by atoms with Crippen molar-refractivity contribution in [1.82, 2.24) is 9.71 Å². The van der Waals surface area contributed by atoms with Gasteiger partial charge in [-0.15, -0.1) is 11.3 Å². The number of aromatic nitrogens is 1. The first kappa shape index (κ1) is 15.0. The van der Waals surface area contributed by atoms with Gasteiger partial charge < -0.3 is 5.73 Å². The quantitative estimate of drug-likeness (QED) is 0.847. The minimum atomic E-state index is -3.57. The Kier molecular flexibility index (Phi) is 4.12. The monoisotopic (exact) mass is 311 g/mol. The SMILES string of the molecule is Cc1csc(CNS(=O)(=O)c2c(C)cc(N)cc2C)n1. The molecule has 0 aliphatic carbocycles. The van der Waals surface area contributed by atoms with Crippen molar-refractivity contribution in [1.29, 1.82) is 0 Å². The third-order valence-corrected chi connectivity index (χ3v) is 5.50. The van der Waals surface area contributed by atoms with Gasteiger partial charge in [0.25, 0.3) is 0 Å². The first-order chi connectivity index (χ1) is 9.29. The summed E-state index contributed by atoms with van der Waals surface area (Å²) in [5.41, 5.74) is 8.46. The zero-order valence-electron chi connectivity index (χ0n) is 11.6. The van der Waals surface area contributed by atoms with E-state index in [1.54, 1.807) is 26.0 Å². The van der Waals surface area contributed by atoms with E-state index >= 15 is 0 Å². The second-order valence-electron chi connectivity index (χ2n) is 4.69. The Labute approximate surface area is 122 Å². The second-order valence-corrected chi connectivity index (χ2v) is 7.34. The third kappa shape index (κ3) is 3.17. The lowest BCUT2D eigenvalue weighted by Crippen LogP contribution is -2.25. The molecule has 1 aromatic heterocycles. The molecule has 3 N–H and O–H groups in total. The lowest BCUT2D eigenvalue weighted by molar-refractivity contribution is 0.580. The third-order valence-electron chi connectivity index (χ3n) is 2.83. The molecular weight excluding hydrogens is 294 g/mol. The van der Waals surface area contributed by atoms with Gasteiger partial charge in [0.15, 0.2) is 0 Å². The Hall–Kier alpha value is -1.44. The summed E-state index contributed by atoms with van der Waals surface area (Å²) < 4.78 is 27.4. The van der Waals surface area contributed by atoms with Gasteiger partial charge in [-0.25, -0.2) is 18.1 Å². The summed E-state index contributed by atoms with van der Waals surface area (Å²) in [6.45, 7) is 5.56. The van der Waals surface area contributed by atoms with Crippen LogP contribution in [-0.2, 0) is 16.6 Å². The number of nitrogens with one attached hydrogen (secondary N) is 1. The molecule has 1 heterocycles. The van der Waals surface area contributed by atoms with Gasteiger partial charge in [-0.05, 0) is 44.0 Å². The fourth-order valence-corrected chi connectivity index (χ4v) is 4.36. The van der Waals surface area contributed by atoms with Crippen LogP contribution in [-0.4, -0.2) is 13.4 Å². The molecule has 108 valence electrons. The number of benzene rings is 1. The molecular formula is C13H17N3O2S2. The van der Waals surface area contributed by atoms with Gasteiger partial charge in [0.1, 0.15) is 5.01 Å². The fraction of sp³-hybridized carbons (Fsp3) is 0.308. The van der Waals surface area contributed by atoms with E-state index in [1.807, 2.05) is 12.3 Å². The van der Waals surface area contributed by atoms with Crippen molar-refractivity contribution < 1.29 is 8.42 Å². The highest BCUT2D eigenvalue weighted by atomic mass is 32.2. The number of anilines is 1. The van der Waals surface area contributed by atoms with Crippen LogP contribution in [0.2, 0.25) is 0 Å². The molecule has 0 saturated heterocycles. The molecule has 0 aliphatic heterocycles. The number of nitrogens with two attached hydrogens (primary N) is 1. The molecule has 1 aromatic carbocycles. The van der Waals surface area contributed by atoms with E-state index in [9.17, 15) is 8.42 Å². The van der Waals surface area contributed by atoms with Crippen molar-refractivity contribution >= 4 is 27.0 Å². The summed E-state index contributed by atoms with van der Waals surface area (Å²) in [6.07, 6.45) is 0. The molecule has 0 unspecified atom stereocenters. The van der Waals surface area contributed by atoms with Crippen molar-refractivity contribution in [2.45, 2.75) is 32.2 Å². The molecule has 2 aromatic rings. The summed E-state index contributed by atoms with van der Waals surface area (Å²) >= 11 is 1.44. The van der Waals surface area contributed by atoms with Crippen LogP contribution in [0.3, 0.4) is 0 Å². The van der Waals surface area contributed by atoms with E-state index in [0.29, 0.717) is 21.7 Å². The summed E-state index contributed by atoms with van der Waals surface area (Å²) in [5, 5.41) is 2.64. The van der Waals surface area contributed by atoms with E-state index in [4.69, 9.17) is 5.73 Å². The van der Waals surface area contributed by atoms with Crippen LogP contribution in [0.4, 0.5) is 5.69 Å². The number of rotatable bonds is 4. The van der Waals surface area contributed by atoms with Gasteiger partial charge in [-0.2, -0.15) is 0 Å². The molecule has 20 heavy (non-hydrogen) atoms. The number of nitrogens with zero attached hydrogens (tertiary/aromatic N) is 1. The van der Waals surface area contributed by atoms with Gasteiger partial charge in [0.05, 0.1) is 11.4 Å². The van der Waals surface area contributed by atoms with E-state index in [0.717, 1.165) is 10.7 Å². The molecule has 0 radical (unpaired) electrons. The van der Waals surface area contributed by atoms with Gasteiger partial charge in [0.2, 0.25) is 10.0 Å². The number of thiazole rings is 1. The van der Waals surface area contributed by atoms with E-state index in [2.05, 4.69) is 9.71 Å². The maximum absolute atomic E-state index is 12.4. The lowest BCUT2D eigenvalue weighted by Gasteiger charge is -2.12. The first-order valence-corrected chi connectivity index (χ1v) is 8.43. The summed E-state index contributed by atoms with van der Waals surface area (Å²) in [4.78, 5) is 4.53. The summed E-state index contributed by atoms with van der Waals surface area (Å²) in [7, 11) is -3.57. The smallest absolute Gasteiger partial charge is 0.241 e. The second kappa shape index (κ2) is 5.51. The Morgan fingerprint density at radius 2 is 1.85 bits per heavy atom. The number of hydrogen-bond acceptors (Lipinski definition) is 5. The molecule has 0 aliphatic rings. The summed E-state index contributed by atoms with van der Waals surface area (Å²) in [6, 6.07) is 3.32. The number of aryl methyl sites for hydroxylation is 3. The van der Waals surface area contributed by atoms with Crippen LogP contribution in [0.15, 0.2) is 22.4 Å². The zero-order valence-corrected chi connectivity index (χ0v) is 13.2. The maximum Gasteiger partial charge on any atom is 0.241 e. The highest BCUT2D eigenvalue weighted by molar-refractivity contribution is 7.89. The summed E-state index contributed by atoms with van der Waals surface area (Å²) in [5.74, 6) is 0. The van der Waals surface area contributed by atoms with E-state index < -0.39 is 10.0 Å². The van der Waals surface area contributed by atoms with Crippen molar-refractivity contribution in [2.24, 2.45) is 0 Å². The number of sulfonamides is 1. The highest BCUT2D eigenvalue weighted by Gasteiger charge is 2.20. The molecule has 5 nitrogen and oxygen atoms in total. The normalized spacial score (nSPS) is 11.8. The topological polar surface area (TPSA) is 85.1 Å². The molecule has 0 fully saturated rings. The van der Waals surface area contributed by atoms with Crippen LogP contribution >= 0.6 is 11.3 Å². The van der Waals surface area contributed by atoms with Crippen molar-refractivity contribution in [2.75, 3.05) is 5.73 Å². The average Bonchev–Trinajstić information content (AvgIpc) is 2.71. The van der Waals surface area contributed by atoms with Crippen molar-refractivity contribution in [3.8, 4) is 0 Å². The van der Waals surface area contributed by atoms with Crippen LogP contribution in [0, 0.1) is 20.8 Å². The van der Waals surface area contributed by atoms with Crippen LogP contribution in [0.5, 0.6) is 0 Å². The van der Waals surface area contributed by atoms with E-state index in [1.165, 1.54) is 11.3 Å². The number of nitrogen functional groups attached to an aromatic ring is 1. The van der Waals surface area contributed by atoms with Gasteiger partial charge in [-0.1, -0.05) is 0 Å². The van der Waals surface area contributed by atoms with Gasteiger partial charge in [0, 0.05) is 16.8 Å². The predicted octanol–water partition coefficient (Wildman–Crippen LogP) is 2.13. The average molecular weight is 311 g/mol. The Morgan fingerprint density at radius 1 is 1.25 bits per heavy atom. The predicted molar refractivity (Wildman–Crippen MR) is 81.2 cm³/mol. The molecule has 0 bridgehead atoms. The van der Waals surface area contributed by atoms with E-state index in [-0.39, 0.29) is 6.54 Å². The largest absolute Gasteiger partial charge is 0.399 e. The van der Waals surface area contributed by atoms with Crippen LogP contribution in [0.1, 0.15) is 21.8 Å². The van der Waals surface area contributed by atoms with Crippen LogP contribution in [0.25, 0.3) is 0 Å². The Bertz CT molecular complexity index is 713. The minimum Gasteiger partial charge on any atom is -0.399 e. The number of hydrogen-bond donors (Lipinski definition) is 2.